The zero-order valence-electron chi connectivity index (χ0n) is 17.8. The highest BCUT2D eigenvalue weighted by Gasteiger charge is 2.33. The summed E-state index contributed by atoms with van der Waals surface area (Å²) in [4.78, 5) is 15.9. The van der Waals surface area contributed by atoms with E-state index in [1.807, 2.05) is 26.2 Å². The van der Waals surface area contributed by atoms with Crippen LogP contribution in [0, 0.1) is 0 Å². The summed E-state index contributed by atoms with van der Waals surface area (Å²) in [6.45, 7) is 2.01. The molecule has 1 heterocycles. The number of rotatable bonds is 8. The number of quaternary nitrogens is 1. The highest BCUT2D eigenvalue weighted by molar-refractivity contribution is 5.76. The van der Waals surface area contributed by atoms with E-state index in [9.17, 15) is 4.79 Å². The number of hydrogen-bond acceptors (Lipinski definition) is 4. The molecule has 6 nitrogen and oxygen atoms in total. The number of amides is 1. The Bertz CT molecular complexity index is 821. The molecule has 1 fully saturated rings. The van der Waals surface area contributed by atoms with Crippen molar-refractivity contribution in [3.63, 3.8) is 0 Å². The molecular formula is C23H32N3O3+. The van der Waals surface area contributed by atoms with E-state index in [0.29, 0.717) is 13.1 Å². The number of methoxy groups -OCH3 is 2. The van der Waals surface area contributed by atoms with Crippen molar-refractivity contribution in [2.45, 2.75) is 25.4 Å². The van der Waals surface area contributed by atoms with Crippen molar-refractivity contribution in [2.75, 3.05) is 46.3 Å². The van der Waals surface area contributed by atoms with Gasteiger partial charge in [0, 0.05) is 45.2 Å². The summed E-state index contributed by atoms with van der Waals surface area (Å²) in [5, 5.41) is 3.07. The first-order chi connectivity index (χ1) is 14.0. The van der Waals surface area contributed by atoms with Crippen molar-refractivity contribution in [2.24, 2.45) is 0 Å². The van der Waals surface area contributed by atoms with Crippen LogP contribution in [0.25, 0.3) is 0 Å². The molecule has 2 aromatic rings. The van der Waals surface area contributed by atoms with Crippen molar-refractivity contribution >= 4 is 11.6 Å². The Labute approximate surface area is 173 Å². The number of nitrogens with one attached hydrogen (secondary N) is 2. The standard InChI is InChI=1S/C23H31N3O3/c1-25(2)18-9-7-17(8-10-18)15-24-23(27)16-26-13-5-6-21(26)20-12-11-19(28-3)14-22(20)29-4/h7-12,14,21H,5-6,13,15-16H2,1-4H3,(H,24,27)/p+1/t21-/m1/s1. The van der Waals surface area contributed by atoms with Gasteiger partial charge in [-0.15, -0.1) is 0 Å². The molecular weight excluding hydrogens is 366 g/mol. The third-order valence-corrected chi connectivity index (χ3v) is 5.63. The Hall–Kier alpha value is -2.73. The van der Waals surface area contributed by atoms with Crippen LogP contribution in [-0.2, 0) is 11.3 Å². The highest BCUT2D eigenvalue weighted by atomic mass is 16.5. The Morgan fingerprint density at radius 1 is 1.14 bits per heavy atom. The van der Waals surface area contributed by atoms with Gasteiger partial charge in [-0.2, -0.15) is 0 Å². The fourth-order valence-electron chi connectivity index (χ4n) is 3.99. The van der Waals surface area contributed by atoms with Crippen molar-refractivity contribution in [1.82, 2.24) is 5.32 Å². The van der Waals surface area contributed by atoms with Crippen molar-refractivity contribution in [1.29, 1.82) is 0 Å². The predicted octanol–water partition coefficient (Wildman–Crippen LogP) is 1.81. The van der Waals surface area contributed by atoms with Crippen molar-refractivity contribution in [3.05, 3.63) is 53.6 Å². The number of hydrogen-bond donors (Lipinski definition) is 2. The minimum Gasteiger partial charge on any atom is -0.497 e. The summed E-state index contributed by atoms with van der Waals surface area (Å²) in [6, 6.07) is 14.5. The first-order valence-corrected chi connectivity index (χ1v) is 10.1. The SMILES string of the molecule is COc1ccc([C@H]2CCC[NH+]2CC(=O)NCc2ccc(N(C)C)cc2)c(OC)c1. The topological polar surface area (TPSA) is 55.2 Å². The van der Waals surface area contributed by atoms with Gasteiger partial charge in [-0.25, -0.2) is 0 Å². The average molecular weight is 399 g/mol. The van der Waals surface area contributed by atoms with E-state index >= 15 is 0 Å². The van der Waals surface area contributed by atoms with E-state index in [2.05, 4.69) is 40.5 Å². The molecule has 2 N–H and O–H groups in total. The molecule has 156 valence electrons. The minimum atomic E-state index is 0.0797. The normalized spacial score (nSPS) is 18.3. The molecule has 0 radical (unpaired) electrons. The van der Waals surface area contributed by atoms with Crippen LogP contribution in [0.2, 0.25) is 0 Å². The van der Waals surface area contributed by atoms with Crippen molar-refractivity contribution in [3.8, 4) is 11.5 Å². The van der Waals surface area contributed by atoms with Gasteiger partial charge in [0.05, 0.1) is 26.3 Å². The maximum Gasteiger partial charge on any atom is 0.275 e. The van der Waals surface area contributed by atoms with Crippen LogP contribution in [0.5, 0.6) is 11.5 Å². The summed E-state index contributed by atoms with van der Waals surface area (Å²) in [5.41, 5.74) is 3.40. The number of carbonyl (C=O) groups excluding carboxylic acids is 1. The van der Waals surface area contributed by atoms with Crippen LogP contribution >= 0.6 is 0 Å². The molecule has 3 rings (SSSR count). The fourth-order valence-corrected chi connectivity index (χ4v) is 3.99. The predicted molar refractivity (Wildman–Crippen MR) is 115 cm³/mol. The van der Waals surface area contributed by atoms with E-state index in [1.165, 1.54) is 4.90 Å². The average Bonchev–Trinajstić information content (AvgIpc) is 3.19. The van der Waals surface area contributed by atoms with E-state index in [4.69, 9.17) is 9.47 Å². The Balaban J connectivity index is 1.59. The van der Waals surface area contributed by atoms with Gasteiger partial charge in [0.25, 0.3) is 5.91 Å². The molecule has 0 aromatic heterocycles. The third kappa shape index (κ3) is 5.21. The summed E-state index contributed by atoms with van der Waals surface area (Å²) in [5.74, 6) is 1.69. The number of benzene rings is 2. The smallest absolute Gasteiger partial charge is 0.275 e. The molecule has 0 saturated carbocycles. The molecule has 1 saturated heterocycles. The number of carbonyl (C=O) groups is 1. The zero-order valence-corrected chi connectivity index (χ0v) is 17.8. The van der Waals surface area contributed by atoms with E-state index < -0.39 is 0 Å². The molecule has 29 heavy (non-hydrogen) atoms. The molecule has 0 aliphatic carbocycles. The molecule has 1 aliphatic rings. The lowest BCUT2D eigenvalue weighted by Gasteiger charge is -2.23. The second-order valence-electron chi connectivity index (χ2n) is 7.73. The van der Waals surface area contributed by atoms with Crippen LogP contribution in [0.15, 0.2) is 42.5 Å². The maximum absolute atomic E-state index is 12.6. The molecule has 6 heteroatoms. The number of likely N-dealkylation sites (tertiary alicyclic amines) is 1. The summed E-state index contributed by atoms with van der Waals surface area (Å²) >= 11 is 0. The number of ether oxygens (including phenoxy) is 2. The number of anilines is 1. The van der Waals surface area contributed by atoms with Crippen LogP contribution in [-0.4, -0.2) is 47.3 Å². The molecule has 1 unspecified atom stereocenters. The first-order valence-electron chi connectivity index (χ1n) is 10.1. The van der Waals surface area contributed by atoms with E-state index in [1.54, 1.807) is 14.2 Å². The second-order valence-corrected chi connectivity index (χ2v) is 7.73. The van der Waals surface area contributed by atoms with E-state index in [-0.39, 0.29) is 11.9 Å². The van der Waals surface area contributed by atoms with Crippen LogP contribution in [0.1, 0.15) is 30.0 Å². The quantitative estimate of drug-likeness (QED) is 0.712. The van der Waals surface area contributed by atoms with Crippen molar-refractivity contribution < 1.29 is 19.2 Å². The molecule has 1 amide bonds. The van der Waals surface area contributed by atoms with Gasteiger partial charge in [0.15, 0.2) is 6.54 Å². The summed E-state index contributed by atoms with van der Waals surface area (Å²) < 4.78 is 10.9. The van der Waals surface area contributed by atoms with Gasteiger partial charge in [0.2, 0.25) is 0 Å². The molecule has 0 spiro atoms. The lowest BCUT2D eigenvalue weighted by Crippen LogP contribution is -3.11. The Kier molecular flexibility index (Phi) is 6.99. The summed E-state index contributed by atoms with van der Waals surface area (Å²) in [7, 11) is 7.37. The second kappa shape index (κ2) is 9.65. The molecule has 2 aromatic carbocycles. The number of nitrogens with zero attached hydrogens (tertiary/aromatic N) is 1. The van der Waals surface area contributed by atoms with Crippen LogP contribution in [0.4, 0.5) is 5.69 Å². The highest BCUT2D eigenvalue weighted by Crippen LogP contribution is 2.31. The maximum atomic E-state index is 12.6. The molecule has 1 aliphatic heterocycles. The fraction of sp³-hybridized carbons (Fsp3) is 0.435. The zero-order chi connectivity index (χ0) is 20.8. The minimum absolute atomic E-state index is 0.0797. The van der Waals surface area contributed by atoms with Gasteiger partial charge >= 0.3 is 0 Å². The first kappa shape index (κ1) is 21.0. The largest absolute Gasteiger partial charge is 0.497 e. The molecule has 0 bridgehead atoms. The lowest BCUT2D eigenvalue weighted by atomic mass is 10.0. The van der Waals surface area contributed by atoms with Gasteiger partial charge in [-0.3, -0.25) is 4.79 Å². The molecule has 2 atom stereocenters. The monoisotopic (exact) mass is 398 g/mol. The van der Waals surface area contributed by atoms with Crippen LogP contribution in [0.3, 0.4) is 0 Å². The van der Waals surface area contributed by atoms with Gasteiger partial charge < -0.3 is 24.6 Å². The van der Waals surface area contributed by atoms with Gasteiger partial charge in [0.1, 0.15) is 17.5 Å². The Morgan fingerprint density at radius 2 is 1.90 bits per heavy atom. The Morgan fingerprint density at radius 3 is 2.55 bits per heavy atom. The lowest BCUT2D eigenvalue weighted by molar-refractivity contribution is -0.910. The third-order valence-electron chi connectivity index (χ3n) is 5.63. The van der Waals surface area contributed by atoms with E-state index in [0.717, 1.165) is 47.7 Å². The van der Waals surface area contributed by atoms with Gasteiger partial charge in [-0.05, 0) is 29.8 Å². The summed E-state index contributed by atoms with van der Waals surface area (Å²) in [6.07, 6.45) is 2.16. The van der Waals surface area contributed by atoms with Gasteiger partial charge in [-0.1, -0.05) is 12.1 Å². The van der Waals surface area contributed by atoms with Crippen LogP contribution < -0.4 is 24.6 Å².